The van der Waals surface area contributed by atoms with Crippen LogP contribution in [0.5, 0.6) is 5.75 Å². The highest BCUT2D eigenvalue weighted by Crippen LogP contribution is 2.15. The third-order valence-corrected chi connectivity index (χ3v) is 3.05. The average molecular weight is 307 g/mol. The lowest BCUT2D eigenvalue weighted by Crippen LogP contribution is -2.17. The van der Waals surface area contributed by atoms with Crippen LogP contribution in [0.25, 0.3) is 0 Å². The lowest BCUT2D eigenvalue weighted by atomic mass is 10.1. The van der Waals surface area contributed by atoms with E-state index in [1.165, 1.54) is 6.20 Å². The number of nitrogens with zero attached hydrogens (tertiary/aromatic N) is 2. The normalized spacial score (nSPS) is 10.2. The molecule has 1 amide bonds. The van der Waals surface area contributed by atoms with Gasteiger partial charge < -0.3 is 15.8 Å². The molecule has 0 saturated carbocycles. The predicted molar refractivity (Wildman–Crippen MR) is 80.7 cm³/mol. The van der Waals surface area contributed by atoms with Crippen LogP contribution in [-0.4, -0.2) is 29.5 Å². The molecule has 0 fully saturated rings. The molecular formula is C14H15ClN4O2. The molecule has 110 valence electrons. The second-order valence-electron chi connectivity index (χ2n) is 4.29. The number of ether oxygens (including phenoxy) is 1. The number of hydrogen-bond acceptors (Lipinski definition) is 5. The van der Waals surface area contributed by atoms with E-state index in [4.69, 9.17) is 22.1 Å². The van der Waals surface area contributed by atoms with Crippen molar-refractivity contribution in [1.82, 2.24) is 9.97 Å². The number of methoxy groups -OCH3 is 1. The van der Waals surface area contributed by atoms with E-state index in [2.05, 4.69) is 15.3 Å². The third-order valence-electron chi connectivity index (χ3n) is 2.87. The lowest BCUT2D eigenvalue weighted by molar-refractivity contribution is 0.100. The highest BCUT2D eigenvalue weighted by atomic mass is 35.5. The molecule has 0 spiro atoms. The Labute approximate surface area is 127 Å². The van der Waals surface area contributed by atoms with Crippen molar-refractivity contribution in [3.63, 3.8) is 0 Å². The number of rotatable bonds is 6. The fraction of sp³-hybridized carbons (Fsp3) is 0.214. The Morgan fingerprint density at radius 3 is 3.00 bits per heavy atom. The molecule has 6 nitrogen and oxygen atoms in total. The molecule has 1 aromatic heterocycles. The topological polar surface area (TPSA) is 90.1 Å². The van der Waals surface area contributed by atoms with Gasteiger partial charge >= 0.3 is 0 Å². The lowest BCUT2D eigenvalue weighted by Gasteiger charge is -2.09. The molecule has 0 aliphatic carbocycles. The number of amides is 1. The van der Waals surface area contributed by atoms with Crippen LogP contribution < -0.4 is 15.8 Å². The van der Waals surface area contributed by atoms with Crippen LogP contribution in [0.1, 0.15) is 15.9 Å². The maximum atomic E-state index is 11.3. The summed E-state index contributed by atoms with van der Waals surface area (Å²) in [5.41, 5.74) is 6.58. The van der Waals surface area contributed by atoms with Crippen molar-refractivity contribution in [2.24, 2.45) is 5.73 Å². The molecule has 7 heteroatoms. The van der Waals surface area contributed by atoms with Gasteiger partial charge in [-0.05, 0) is 35.7 Å². The first-order valence-corrected chi connectivity index (χ1v) is 6.67. The minimum Gasteiger partial charge on any atom is -0.497 e. The van der Waals surface area contributed by atoms with E-state index in [1.807, 2.05) is 24.3 Å². The number of halogens is 1. The van der Waals surface area contributed by atoms with Crippen molar-refractivity contribution in [1.29, 1.82) is 0 Å². The summed E-state index contributed by atoms with van der Waals surface area (Å²) in [7, 11) is 1.62. The molecule has 21 heavy (non-hydrogen) atoms. The fourth-order valence-electron chi connectivity index (χ4n) is 1.83. The van der Waals surface area contributed by atoms with Gasteiger partial charge in [-0.1, -0.05) is 12.1 Å². The van der Waals surface area contributed by atoms with Crippen LogP contribution >= 0.6 is 11.6 Å². The number of aromatic nitrogens is 2. The van der Waals surface area contributed by atoms with Crippen LogP contribution in [0, 0.1) is 0 Å². The SMILES string of the molecule is COc1cccc(CCNc2nc(Cl)ncc2C(N)=O)c1. The summed E-state index contributed by atoms with van der Waals surface area (Å²) in [5, 5.41) is 3.10. The van der Waals surface area contributed by atoms with E-state index >= 15 is 0 Å². The maximum absolute atomic E-state index is 11.3. The molecular weight excluding hydrogens is 292 g/mol. The largest absolute Gasteiger partial charge is 0.497 e. The Bertz CT molecular complexity index is 649. The summed E-state index contributed by atoms with van der Waals surface area (Å²) in [6, 6.07) is 7.74. The van der Waals surface area contributed by atoms with Gasteiger partial charge in [-0.3, -0.25) is 4.79 Å². The molecule has 0 aliphatic rings. The molecule has 0 saturated heterocycles. The molecule has 3 N–H and O–H groups in total. The van der Waals surface area contributed by atoms with Gasteiger partial charge in [0, 0.05) is 12.7 Å². The Morgan fingerprint density at radius 1 is 1.48 bits per heavy atom. The Hall–Kier alpha value is -2.34. The van der Waals surface area contributed by atoms with Gasteiger partial charge in [0.1, 0.15) is 11.6 Å². The monoisotopic (exact) mass is 306 g/mol. The molecule has 0 radical (unpaired) electrons. The molecule has 0 aliphatic heterocycles. The van der Waals surface area contributed by atoms with Gasteiger partial charge in [-0.15, -0.1) is 0 Å². The Morgan fingerprint density at radius 2 is 2.29 bits per heavy atom. The summed E-state index contributed by atoms with van der Waals surface area (Å²) >= 11 is 5.73. The van der Waals surface area contributed by atoms with Gasteiger partial charge in [0.2, 0.25) is 5.28 Å². The first kappa shape index (κ1) is 15.1. The van der Waals surface area contributed by atoms with Gasteiger partial charge in [0.15, 0.2) is 0 Å². The molecule has 2 aromatic rings. The van der Waals surface area contributed by atoms with Crippen LogP contribution in [0.4, 0.5) is 5.82 Å². The second kappa shape index (κ2) is 6.90. The molecule has 0 unspecified atom stereocenters. The Kier molecular flexibility index (Phi) is 4.94. The first-order chi connectivity index (χ1) is 10.1. The van der Waals surface area contributed by atoms with Gasteiger partial charge in [-0.25, -0.2) is 4.98 Å². The Balaban J connectivity index is 2.03. The number of anilines is 1. The number of primary amides is 1. The van der Waals surface area contributed by atoms with Crippen molar-refractivity contribution >= 4 is 23.3 Å². The zero-order valence-corrected chi connectivity index (χ0v) is 12.2. The van der Waals surface area contributed by atoms with E-state index in [1.54, 1.807) is 7.11 Å². The van der Waals surface area contributed by atoms with Crippen LogP contribution in [0.2, 0.25) is 5.28 Å². The molecule has 0 bridgehead atoms. The second-order valence-corrected chi connectivity index (χ2v) is 4.63. The van der Waals surface area contributed by atoms with E-state index in [0.717, 1.165) is 17.7 Å². The fourth-order valence-corrected chi connectivity index (χ4v) is 1.96. The standard InChI is InChI=1S/C14H15ClN4O2/c1-21-10-4-2-3-9(7-10)5-6-17-13-11(12(16)20)8-18-14(15)19-13/h2-4,7-8H,5-6H2,1H3,(H2,16,20)(H,17,18,19). The van der Waals surface area contributed by atoms with Crippen molar-refractivity contribution in [3.8, 4) is 5.75 Å². The van der Waals surface area contributed by atoms with Crippen LogP contribution in [0.3, 0.4) is 0 Å². The third kappa shape index (κ3) is 4.06. The van der Waals surface area contributed by atoms with E-state index in [-0.39, 0.29) is 10.8 Å². The first-order valence-electron chi connectivity index (χ1n) is 6.29. The average Bonchev–Trinajstić information content (AvgIpc) is 2.47. The minimum absolute atomic E-state index is 0.0591. The van der Waals surface area contributed by atoms with E-state index < -0.39 is 5.91 Å². The van der Waals surface area contributed by atoms with Crippen molar-refractivity contribution < 1.29 is 9.53 Å². The zero-order valence-electron chi connectivity index (χ0n) is 11.5. The number of hydrogen-bond donors (Lipinski definition) is 2. The van der Waals surface area contributed by atoms with Gasteiger partial charge in [0.25, 0.3) is 5.91 Å². The van der Waals surface area contributed by atoms with Crippen molar-refractivity contribution in [2.75, 3.05) is 19.0 Å². The summed E-state index contributed by atoms with van der Waals surface area (Å²) in [5.74, 6) is 0.538. The minimum atomic E-state index is -0.601. The van der Waals surface area contributed by atoms with Crippen LogP contribution in [0.15, 0.2) is 30.5 Å². The summed E-state index contributed by atoms with van der Waals surface area (Å²) < 4.78 is 5.17. The summed E-state index contributed by atoms with van der Waals surface area (Å²) in [6.07, 6.45) is 2.04. The van der Waals surface area contributed by atoms with Gasteiger partial charge in [0.05, 0.1) is 12.7 Å². The van der Waals surface area contributed by atoms with Crippen molar-refractivity contribution in [2.45, 2.75) is 6.42 Å². The number of benzene rings is 1. The summed E-state index contributed by atoms with van der Waals surface area (Å²) in [4.78, 5) is 19.0. The summed E-state index contributed by atoms with van der Waals surface area (Å²) in [6.45, 7) is 0.570. The van der Waals surface area contributed by atoms with E-state index in [0.29, 0.717) is 12.4 Å². The maximum Gasteiger partial charge on any atom is 0.254 e. The quantitative estimate of drug-likeness (QED) is 0.795. The molecule has 1 heterocycles. The van der Waals surface area contributed by atoms with Crippen molar-refractivity contribution in [3.05, 3.63) is 46.9 Å². The number of nitrogens with two attached hydrogens (primary N) is 1. The smallest absolute Gasteiger partial charge is 0.254 e. The molecule has 1 aromatic carbocycles. The molecule has 0 atom stereocenters. The number of nitrogens with one attached hydrogen (secondary N) is 1. The van der Waals surface area contributed by atoms with E-state index in [9.17, 15) is 4.79 Å². The predicted octanol–water partition coefficient (Wildman–Crippen LogP) is 1.89. The highest BCUT2D eigenvalue weighted by molar-refractivity contribution is 6.28. The van der Waals surface area contributed by atoms with Gasteiger partial charge in [-0.2, -0.15) is 4.98 Å². The number of carbonyl (C=O) groups excluding carboxylic acids is 1. The molecule has 2 rings (SSSR count). The number of carbonyl (C=O) groups is 1. The zero-order chi connectivity index (χ0) is 15.2. The highest BCUT2D eigenvalue weighted by Gasteiger charge is 2.11. The van der Waals surface area contributed by atoms with Crippen LogP contribution in [-0.2, 0) is 6.42 Å².